The molecule has 0 bridgehead atoms. The quantitative estimate of drug-likeness (QED) is 0.229. The van der Waals surface area contributed by atoms with Gasteiger partial charge in [-0.15, -0.1) is 0 Å². The van der Waals surface area contributed by atoms with Crippen LogP contribution in [0.4, 0.5) is 0 Å². The highest BCUT2D eigenvalue weighted by molar-refractivity contribution is 5.95. The van der Waals surface area contributed by atoms with E-state index in [4.69, 9.17) is 9.47 Å². The Hall–Kier alpha value is -2.64. The number of nitrogens with one attached hydrogen (secondary N) is 2. The zero-order valence-electron chi connectivity index (χ0n) is 17.5. The Morgan fingerprint density at radius 1 is 0.621 bits per heavy atom. The van der Waals surface area contributed by atoms with Crippen LogP contribution in [0.15, 0.2) is 24.3 Å². The molecule has 8 nitrogen and oxygen atoms in total. The third-order valence-electron chi connectivity index (χ3n) is 3.68. The van der Waals surface area contributed by atoms with Gasteiger partial charge in [0.25, 0.3) is 0 Å². The molecule has 0 unspecified atom stereocenters. The van der Waals surface area contributed by atoms with E-state index in [1.807, 2.05) is 13.8 Å². The zero-order chi connectivity index (χ0) is 21.7. The molecule has 0 aromatic heterocycles. The Labute approximate surface area is 173 Å². The summed E-state index contributed by atoms with van der Waals surface area (Å²) in [5, 5.41) is 5.35. The summed E-state index contributed by atoms with van der Waals surface area (Å²) in [6, 6.07) is 0. The van der Waals surface area contributed by atoms with Gasteiger partial charge in [0.2, 0.25) is 11.8 Å². The number of unbranched alkanes of at least 4 members (excludes halogenated alkanes) is 4. The third-order valence-corrected chi connectivity index (χ3v) is 3.68. The molecule has 0 saturated carbocycles. The van der Waals surface area contributed by atoms with Crippen LogP contribution >= 0.6 is 0 Å². The van der Waals surface area contributed by atoms with Crippen LogP contribution in [0.25, 0.3) is 0 Å². The number of ether oxygens (including phenoxy) is 2. The van der Waals surface area contributed by atoms with Crippen LogP contribution < -0.4 is 10.6 Å². The lowest BCUT2D eigenvalue weighted by atomic mass is 10.2. The lowest BCUT2D eigenvalue weighted by Crippen LogP contribution is -2.24. The lowest BCUT2D eigenvalue weighted by molar-refractivity contribution is -0.138. The second-order valence-electron chi connectivity index (χ2n) is 6.35. The van der Waals surface area contributed by atoms with Crippen molar-refractivity contribution in [2.45, 2.75) is 58.8 Å². The number of hydrogen-bond donors (Lipinski definition) is 2. The second kappa shape index (κ2) is 18.7. The number of esters is 2. The minimum Gasteiger partial charge on any atom is -0.463 e. The Bertz CT molecular complexity index is 509. The molecule has 2 N–H and O–H groups in total. The monoisotopic (exact) mass is 410 g/mol. The van der Waals surface area contributed by atoms with Crippen LogP contribution in [-0.4, -0.2) is 50.1 Å². The summed E-state index contributed by atoms with van der Waals surface area (Å²) in [6.07, 6.45) is 10.3. The molecule has 0 spiro atoms. The fraction of sp³-hybridized carbons (Fsp3) is 0.619. The molecule has 8 heteroatoms. The number of carbonyl (C=O) groups is 4. The third kappa shape index (κ3) is 18.5. The molecule has 0 aliphatic heterocycles. The number of hydrogen-bond acceptors (Lipinski definition) is 6. The van der Waals surface area contributed by atoms with Crippen molar-refractivity contribution in [2.24, 2.45) is 0 Å². The van der Waals surface area contributed by atoms with Crippen LogP contribution in [0.3, 0.4) is 0 Å². The van der Waals surface area contributed by atoms with E-state index >= 15 is 0 Å². The molecule has 29 heavy (non-hydrogen) atoms. The summed E-state index contributed by atoms with van der Waals surface area (Å²) in [5.41, 5.74) is 0. The van der Waals surface area contributed by atoms with Crippen molar-refractivity contribution in [3.05, 3.63) is 24.3 Å². The maximum Gasteiger partial charge on any atom is 0.330 e. The standard InChI is InChI=1S/C21H34N2O6/c1-3-5-16-28-20(26)12-10-18(24)22-14-8-7-9-15-23-19(25)11-13-21(27)29-17-6-4-2/h10-13H,3-9,14-17H2,1-2H3,(H,22,24)(H,23,25)/b12-10+,13-11+. The first kappa shape index (κ1) is 26.4. The lowest BCUT2D eigenvalue weighted by Gasteiger charge is -2.04. The van der Waals surface area contributed by atoms with Crippen molar-refractivity contribution in [3.8, 4) is 0 Å². The van der Waals surface area contributed by atoms with Gasteiger partial charge in [0.05, 0.1) is 13.2 Å². The minimum absolute atomic E-state index is 0.346. The van der Waals surface area contributed by atoms with Crippen LogP contribution in [0, 0.1) is 0 Å². The minimum atomic E-state index is -0.521. The van der Waals surface area contributed by atoms with Gasteiger partial charge < -0.3 is 20.1 Å². The van der Waals surface area contributed by atoms with E-state index in [-0.39, 0.29) is 11.8 Å². The molecule has 2 amide bonds. The molecule has 164 valence electrons. The normalized spacial score (nSPS) is 10.8. The van der Waals surface area contributed by atoms with E-state index in [2.05, 4.69) is 10.6 Å². The second-order valence-corrected chi connectivity index (χ2v) is 6.35. The van der Waals surface area contributed by atoms with Crippen molar-refractivity contribution < 1.29 is 28.7 Å². The molecule has 0 aliphatic rings. The predicted molar refractivity (Wildman–Crippen MR) is 110 cm³/mol. The molecule has 0 atom stereocenters. The smallest absolute Gasteiger partial charge is 0.330 e. The topological polar surface area (TPSA) is 111 Å². The van der Waals surface area contributed by atoms with Crippen molar-refractivity contribution >= 4 is 23.8 Å². The van der Waals surface area contributed by atoms with Gasteiger partial charge in [0, 0.05) is 37.4 Å². The molecular weight excluding hydrogens is 376 g/mol. The number of carbonyl (C=O) groups excluding carboxylic acids is 4. The average Bonchev–Trinajstić information content (AvgIpc) is 2.70. The molecule has 0 radical (unpaired) electrons. The summed E-state index contributed by atoms with van der Waals surface area (Å²) >= 11 is 0. The van der Waals surface area contributed by atoms with Gasteiger partial charge in [-0.2, -0.15) is 0 Å². The number of rotatable bonds is 16. The molecule has 0 rings (SSSR count). The Morgan fingerprint density at radius 2 is 1.03 bits per heavy atom. The summed E-state index contributed by atoms with van der Waals surface area (Å²) in [5.74, 6) is -1.73. The summed E-state index contributed by atoms with van der Waals surface area (Å²) < 4.78 is 9.81. The Morgan fingerprint density at radius 3 is 1.41 bits per heavy atom. The first-order valence-electron chi connectivity index (χ1n) is 10.2. The molecule has 0 saturated heterocycles. The molecular formula is C21H34N2O6. The van der Waals surface area contributed by atoms with Gasteiger partial charge in [0.1, 0.15) is 0 Å². The van der Waals surface area contributed by atoms with Gasteiger partial charge in [0.15, 0.2) is 0 Å². The summed E-state index contributed by atoms with van der Waals surface area (Å²) in [6.45, 7) is 5.66. The Balaban J connectivity index is 3.66. The van der Waals surface area contributed by atoms with Gasteiger partial charge >= 0.3 is 11.9 Å². The highest BCUT2D eigenvalue weighted by atomic mass is 16.5. The highest BCUT2D eigenvalue weighted by Gasteiger charge is 2.01. The van der Waals surface area contributed by atoms with E-state index in [0.29, 0.717) is 26.3 Å². The maximum atomic E-state index is 11.6. The zero-order valence-corrected chi connectivity index (χ0v) is 17.5. The summed E-state index contributed by atoms with van der Waals surface area (Å²) in [7, 11) is 0. The van der Waals surface area contributed by atoms with Crippen LogP contribution in [-0.2, 0) is 28.7 Å². The van der Waals surface area contributed by atoms with Gasteiger partial charge in [-0.1, -0.05) is 26.7 Å². The number of amides is 2. The van der Waals surface area contributed by atoms with Gasteiger partial charge in [-0.05, 0) is 32.1 Å². The van der Waals surface area contributed by atoms with Crippen LogP contribution in [0.5, 0.6) is 0 Å². The maximum absolute atomic E-state index is 11.6. The Kier molecular flexibility index (Phi) is 17.0. The first-order chi connectivity index (χ1) is 14.0. The largest absolute Gasteiger partial charge is 0.463 e. The average molecular weight is 411 g/mol. The van der Waals surface area contributed by atoms with Gasteiger partial charge in [-0.25, -0.2) is 9.59 Å². The van der Waals surface area contributed by atoms with Crippen LogP contribution in [0.2, 0.25) is 0 Å². The molecule has 0 aromatic rings. The van der Waals surface area contributed by atoms with Crippen molar-refractivity contribution in [1.29, 1.82) is 0 Å². The van der Waals surface area contributed by atoms with E-state index < -0.39 is 11.9 Å². The fourth-order valence-electron chi connectivity index (χ4n) is 1.99. The SMILES string of the molecule is CCCCOC(=O)/C=C/C(=O)NCCCCCNC(=O)/C=C/C(=O)OCCCC. The highest BCUT2D eigenvalue weighted by Crippen LogP contribution is 1.94. The molecule has 0 aliphatic carbocycles. The first-order valence-corrected chi connectivity index (χ1v) is 10.2. The van der Waals surface area contributed by atoms with Crippen molar-refractivity contribution in [1.82, 2.24) is 10.6 Å². The van der Waals surface area contributed by atoms with E-state index in [9.17, 15) is 19.2 Å². The van der Waals surface area contributed by atoms with E-state index in [1.165, 1.54) is 0 Å². The fourth-order valence-corrected chi connectivity index (χ4v) is 1.99. The van der Waals surface area contributed by atoms with Crippen molar-refractivity contribution in [2.75, 3.05) is 26.3 Å². The molecule has 0 aromatic carbocycles. The van der Waals surface area contributed by atoms with E-state index in [0.717, 1.165) is 69.2 Å². The van der Waals surface area contributed by atoms with Gasteiger partial charge in [-0.3, -0.25) is 9.59 Å². The van der Waals surface area contributed by atoms with E-state index in [1.54, 1.807) is 0 Å². The summed E-state index contributed by atoms with van der Waals surface area (Å²) in [4.78, 5) is 45.7. The predicted octanol–water partition coefficient (Wildman–Crippen LogP) is 2.19. The van der Waals surface area contributed by atoms with Crippen LogP contribution in [0.1, 0.15) is 58.8 Å². The van der Waals surface area contributed by atoms with Crippen molar-refractivity contribution in [3.63, 3.8) is 0 Å². The molecule has 0 fully saturated rings. The molecule has 0 heterocycles.